The summed E-state index contributed by atoms with van der Waals surface area (Å²) in [5, 5.41) is 3.28. The average molecular weight is 424 g/mol. The number of carbonyl (C=O) groups is 1. The zero-order valence-corrected chi connectivity index (χ0v) is 18.8. The van der Waals surface area contributed by atoms with Gasteiger partial charge in [-0.05, 0) is 25.1 Å². The topological polar surface area (TPSA) is 60.4 Å². The highest BCUT2D eigenvalue weighted by Crippen LogP contribution is 2.19. The van der Waals surface area contributed by atoms with Crippen LogP contribution in [0, 0.1) is 0 Å². The van der Waals surface area contributed by atoms with Gasteiger partial charge in [-0.25, -0.2) is 4.99 Å². The lowest BCUT2D eigenvalue weighted by Gasteiger charge is -2.36. The highest BCUT2D eigenvalue weighted by Gasteiger charge is 2.21. The van der Waals surface area contributed by atoms with Crippen LogP contribution in [0.5, 0.6) is 5.75 Å². The molecule has 31 heavy (non-hydrogen) atoms. The van der Waals surface area contributed by atoms with Crippen molar-refractivity contribution in [1.82, 2.24) is 15.1 Å². The fourth-order valence-corrected chi connectivity index (χ4v) is 3.73. The van der Waals surface area contributed by atoms with Crippen LogP contribution in [0.3, 0.4) is 0 Å². The van der Waals surface area contributed by atoms with Crippen molar-refractivity contribution in [2.24, 2.45) is 4.99 Å². The van der Waals surface area contributed by atoms with E-state index in [0.717, 1.165) is 44.0 Å². The van der Waals surface area contributed by atoms with Gasteiger partial charge in [-0.1, -0.05) is 36.4 Å². The Balaban J connectivity index is 1.56. The number of nitrogens with one attached hydrogen (secondary N) is 1. The number of methoxy groups -OCH3 is 1. The van der Waals surface area contributed by atoms with Crippen LogP contribution in [0.2, 0.25) is 0 Å². The Kier molecular flexibility index (Phi) is 8.15. The van der Waals surface area contributed by atoms with Crippen molar-refractivity contribution < 1.29 is 9.53 Å². The molecule has 0 saturated carbocycles. The van der Waals surface area contributed by atoms with Crippen molar-refractivity contribution in [3.8, 4) is 5.75 Å². The second kappa shape index (κ2) is 11.2. The van der Waals surface area contributed by atoms with Crippen LogP contribution in [-0.2, 0) is 11.3 Å². The Bertz CT molecular complexity index is 863. The van der Waals surface area contributed by atoms with Crippen molar-refractivity contribution in [1.29, 1.82) is 0 Å². The fourth-order valence-electron chi connectivity index (χ4n) is 3.73. The van der Waals surface area contributed by atoms with Crippen LogP contribution in [0.4, 0.5) is 5.69 Å². The molecule has 0 aromatic heterocycles. The van der Waals surface area contributed by atoms with Gasteiger partial charge in [0.1, 0.15) is 12.3 Å². The molecule has 1 amide bonds. The molecule has 1 aliphatic heterocycles. The van der Waals surface area contributed by atoms with Crippen LogP contribution in [-0.4, -0.2) is 75.1 Å². The predicted octanol–water partition coefficient (Wildman–Crippen LogP) is 2.44. The third-order valence-electron chi connectivity index (χ3n) is 5.41. The molecule has 0 radical (unpaired) electrons. The lowest BCUT2D eigenvalue weighted by Crippen LogP contribution is -2.49. The van der Waals surface area contributed by atoms with Crippen molar-refractivity contribution in [2.75, 3.05) is 58.3 Å². The summed E-state index contributed by atoms with van der Waals surface area (Å²) in [5.41, 5.74) is 2.28. The molecule has 3 rings (SSSR count). The van der Waals surface area contributed by atoms with Crippen LogP contribution >= 0.6 is 0 Å². The van der Waals surface area contributed by atoms with Gasteiger partial charge in [0, 0.05) is 57.6 Å². The minimum absolute atomic E-state index is 0.0637. The molecule has 7 heteroatoms. The summed E-state index contributed by atoms with van der Waals surface area (Å²) in [6, 6.07) is 18.3. The van der Waals surface area contributed by atoms with Gasteiger partial charge >= 0.3 is 0 Å². The van der Waals surface area contributed by atoms with Gasteiger partial charge in [0.05, 0.1) is 7.11 Å². The summed E-state index contributed by atoms with van der Waals surface area (Å²) in [6.45, 7) is 6.66. The molecule has 166 valence electrons. The first-order valence-corrected chi connectivity index (χ1v) is 10.8. The van der Waals surface area contributed by atoms with Crippen LogP contribution < -0.4 is 15.0 Å². The predicted molar refractivity (Wildman–Crippen MR) is 126 cm³/mol. The number of para-hydroxylation sites is 2. The van der Waals surface area contributed by atoms with Crippen molar-refractivity contribution in [3.05, 3.63) is 60.2 Å². The summed E-state index contributed by atoms with van der Waals surface area (Å²) >= 11 is 0. The number of ether oxygens (including phenoxy) is 1. The largest absolute Gasteiger partial charge is 0.496 e. The third-order valence-corrected chi connectivity index (χ3v) is 5.41. The van der Waals surface area contributed by atoms with Crippen LogP contribution in [0.15, 0.2) is 59.6 Å². The number of nitrogens with zero attached hydrogens (tertiary/aromatic N) is 4. The molecular formula is C24H33N5O2. The maximum Gasteiger partial charge on any atom is 0.244 e. The molecule has 1 fully saturated rings. The first kappa shape index (κ1) is 22.5. The number of anilines is 1. The van der Waals surface area contributed by atoms with E-state index in [1.54, 1.807) is 7.11 Å². The van der Waals surface area contributed by atoms with Gasteiger partial charge in [-0.3, -0.25) is 4.79 Å². The quantitative estimate of drug-likeness (QED) is 0.548. The minimum Gasteiger partial charge on any atom is -0.496 e. The molecule has 2 aromatic carbocycles. The van der Waals surface area contributed by atoms with E-state index < -0.39 is 0 Å². The number of hydrogen-bond acceptors (Lipinski definition) is 4. The number of benzene rings is 2. The van der Waals surface area contributed by atoms with Gasteiger partial charge in [-0.2, -0.15) is 0 Å². The molecule has 0 aliphatic carbocycles. The van der Waals surface area contributed by atoms with E-state index in [9.17, 15) is 4.79 Å². The van der Waals surface area contributed by atoms with E-state index in [0.29, 0.717) is 12.5 Å². The summed E-state index contributed by atoms with van der Waals surface area (Å²) in [4.78, 5) is 23.6. The third kappa shape index (κ3) is 6.13. The Morgan fingerprint density at radius 1 is 1.06 bits per heavy atom. The van der Waals surface area contributed by atoms with Crippen molar-refractivity contribution in [3.63, 3.8) is 0 Å². The first-order chi connectivity index (χ1) is 15.1. The molecule has 0 bridgehead atoms. The number of aliphatic imine (C=N–C) groups is 1. The smallest absolute Gasteiger partial charge is 0.244 e. The number of piperazine rings is 1. The van der Waals surface area contributed by atoms with Gasteiger partial charge in [-0.15, -0.1) is 0 Å². The number of carbonyl (C=O) groups excluding carboxylic acids is 1. The number of amides is 1. The van der Waals surface area contributed by atoms with E-state index in [2.05, 4.69) is 27.3 Å². The zero-order chi connectivity index (χ0) is 22.1. The summed E-state index contributed by atoms with van der Waals surface area (Å²) in [5.74, 6) is 1.62. The summed E-state index contributed by atoms with van der Waals surface area (Å²) in [6.07, 6.45) is 0. The van der Waals surface area contributed by atoms with Gasteiger partial charge in [0.25, 0.3) is 0 Å². The molecule has 7 nitrogen and oxygen atoms in total. The molecule has 1 N–H and O–H groups in total. The Morgan fingerprint density at radius 2 is 1.74 bits per heavy atom. The Hall–Kier alpha value is -3.22. The Labute approximate surface area is 185 Å². The van der Waals surface area contributed by atoms with Crippen LogP contribution in [0.1, 0.15) is 12.5 Å². The summed E-state index contributed by atoms with van der Waals surface area (Å²) < 4.78 is 5.45. The molecule has 0 atom stereocenters. The standard InChI is InChI=1S/C24H33N5O2/c1-4-25-24(27(2)19-20-10-8-9-13-22(20)31-3)26-18-23(30)29-16-14-28(15-17-29)21-11-6-5-7-12-21/h5-13H,4,14-19H2,1-3H3,(H,25,26). The lowest BCUT2D eigenvalue weighted by molar-refractivity contribution is -0.129. The molecular weight excluding hydrogens is 390 g/mol. The van der Waals surface area contributed by atoms with E-state index >= 15 is 0 Å². The second-order valence-electron chi connectivity index (χ2n) is 7.54. The molecule has 1 saturated heterocycles. The number of hydrogen-bond donors (Lipinski definition) is 1. The number of rotatable bonds is 7. The summed E-state index contributed by atoms with van der Waals surface area (Å²) in [7, 11) is 3.64. The fraction of sp³-hybridized carbons (Fsp3) is 0.417. The Morgan fingerprint density at radius 3 is 2.42 bits per heavy atom. The minimum atomic E-state index is 0.0637. The SMILES string of the molecule is CCNC(=NCC(=O)N1CCN(c2ccccc2)CC1)N(C)Cc1ccccc1OC. The number of guanidine groups is 1. The molecule has 0 spiro atoms. The van der Waals surface area contributed by atoms with Crippen molar-refractivity contribution >= 4 is 17.6 Å². The maximum absolute atomic E-state index is 12.8. The van der Waals surface area contributed by atoms with Gasteiger partial charge < -0.3 is 24.8 Å². The van der Waals surface area contributed by atoms with Gasteiger partial charge in [0.15, 0.2) is 5.96 Å². The second-order valence-corrected chi connectivity index (χ2v) is 7.54. The highest BCUT2D eigenvalue weighted by molar-refractivity contribution is 5.85. The molecule has 1 heterocycles. The van der Waals surface area contributed by atoms with Crippen LogP contribution in [0.25, 0.3) is 0 Å². The van der Waals surface area contributed by atoms with Crippen molar-refractivity contribution in [2.45, 2.75) is 13.5 Å². The van der Waals surface area contributed by atoms with E-state index in [1.165, 1.54) is 5.69 Å². The van der Waals surface area contributed by atoms with E-state index in [-0.39, 0.29) is 12.5 Å². The van der Waals surface area contributed by atoms with E-state index in [1.807, 2.05) is 66.2 Å². The molecule has 1 aliphatic rings. The van der Waals surface area contributed by atoms with Gasteiger partial charge in [0.2, 0.25) is 5.91 Å². The maximum atomic E-state index is 12.8. The first-order valence-electron chi connectivity index (χ1n) is 10.8. The highest BCUT2D eigenvalue weighted by atomic mass is 16.5. The average Bonchev–Trinajstić information content (AvgIpc) is 2.82. The zero-order valence-electron chi connectivity index (χ0n) is 18.8. The lowest BCUT2D eigenvalue weighted by atomic mass is 10.2. The van der Waals surface area contributed by atoms with E-state index in [4.69, 9.17) is 4.74 Å². The molecule has 0 unspecified atom stereocenters. The normalized spacial score (nSPS) is 14.4. The monoisotopic (exact) mass is 423 g/mol. The molecule has 2 aromatic rings.